The van der Waals surface area contributed by atoms with Crippen molar-refractivity contribution in [1.82, 2.24) is 29.8 Å². The van der Waals surface area contributed by atoms with E-state index in [-0.39, 0.29) is 43.2 Å². The van der Waals surface area contributed by atoms with Crippen LogP contribution in [0.5, 0.6) is 5.75 Å². The van der Waals surface area contributed by atoms with Gasteiger partial charge >= 0.3 is 12.1 Å². The Hall–Kier alpha value is -5.10. The van der Waals surface area contributed by atoms with Crippen LogP contribution in [0.25, 0.3) is 22.4 Å². The minimum absolute atomic E-state index is 0.0146. The molecule has 0 saturated carbocycles. The number of aromatic nitrogens is 5. The number of alkyl halides is 2. The molecule has 18 heteroatoms. The molecule has 4 heterocycles. The van der Waals surface area contributed by atoms with Gasteiger partial charge in [-0.2, -0.15) is 0 Å². The number of halogens is 4. The summed E-state index contributed by atoms with van der Waals surface area (Å²) in [7, 11) is 0. The molecular weight excluding hydrogens is 642 g/mol. The van der Waals surface area contributed by atoms with Crippen molar-refractivity contribution >= 4 is 34.7 Å². The number of benzene rings is 1. The monoisotopic (exact) mass is 675 g/mol. The minimum atomic E-state index is -3.06. The molecule has 14 nitrogen and oxygen atoms in total. The van der Waals surface area contributed by atoms with E-state index < -0.39 is 53.6 Å². The third kappa shape index (κ3) is 7.08. The van der Waals surface area contributed by atoms with Gasteiger partial charge < -0.3 is 40.8 Å². The van der Waals surface area contributed by atoms with Gasteiger partial charge in [-0.15, -0.1) is 0 Å². The molecule has 1 aromatic carbocycles. The van der Waals surface area contributed by atoms with Crippen LogP contribution in [0.15, 0.2) is 37.1 Å². The highest BCUT2D eigenvalue weighted by atomic mass is 19.3. The molecule has 0 bridgehead atoms. The van der Waals surface area contributed by atoms with Crippen molar-refractivity contribution in [2.24, 2.45) is 5.73 Å². The van der Waals surface area contributed by atoms with Gasteiger partial charge in [0.2, 0.25) is 0 Å². The summed E-state index contributed by atoms with van der Waals surface area (Å²) in [6.07, 6.45) is -1.73. The van der Waals surface area contributed by atoms with Gasteiger partial charge in [0.1, 0.15) is 29.8 Å². The second kappa shape index (κ2) is 13.9. The van der Waals surface area contributed by atoms with Crippen LogP contribution < -0.4 is 26.4 Å². The van der Waals surface area contributed by atoms with Crippen LogP contribution in [-0.2, 0) is 16.1 Å². The quantitative estimate of drug-likeness (QED) is 0.142. The van der Waals surface area contributed by atoms with Crippen molar-refractivity contribution in [3.63, 3.8) is 0 Å². The first-order valence-electron chi connectivity index (χ1n) is 14.9. The SMILES string of the molecule is CCOC(=O)[C@@H](C)NC(=O)Oc1cc(F)c(-c2cc(Cn3cnc4c(N)ncnc43)c(N3CCC[C@](N)([C@H](O)C(F)F)C3)cn2)cc1F. The van der Waals surface area contributed by atoms with Crippen molar-refractivity contribution in [1.29, 1.82) is 0 Å². The molecule has 48 heavy (non-hydrogen) atoms. The number of fused-ring (bicyclic) bond motifs is 1. The Morgan fingerprint density at radius 3 is 2.65 bits per heavy atom. The lowest BCUT2D eigenvalue weighted by atomic mass is 9.84. The Labute approximate surface area is 271 Å². The molecule has 5 rings (SSSR count). The molecule has 3 atom stereocenters. The number of ether oxygens (including phenoxy) is 2. The molecule has 0 unspecified atom stereocenters. The number of pyridine rings is 1. The topological polar surface area (TPSA) is 197 Å². The second-order valence-electron chi connectivity index (χ2n) is 11.3. The van der Waals surface area contributed by atoms with Gasteiger partial charge in [0, 0.05) is 24.7 Å². The number of nitrogen functional groups attached to an aromatic ring is 1. The predicted molar refractivity (Wildman–Crippen MR) is 164 cm³/mol. The van der Waals surface area contributed by atoms with E-state index in [0.29, 0.717) is 41.4 Å². The van der Waals surface area contributed by atoms with Gasteiger partial charge in [-0.3, -0.25) is 4.98 Å². The standard InChI is InChI=1S/C30H33F4N9O5/c1-3-47-28(45)15(2)41-29(46)48-22-9-18(31)17(8-19(22)32)20-7-16(11-43-14-40-23-26(35)38-13-39-27(23)43)21(10-37-20)42-6-4-5-30(36,12-42)24(44)25(33)34/h7-10,13-15,24-25,44H,3-6,11-12,36H2,1-2H3,(H,41,46)(H2,35,38,39)/t15-,24-,30-/m1/s1. The van der Waals surface area contributed by atoms with Gasteiger partial charge in [-0.1, -0.05) is 0 Å². The van der Waals surface area contributed by atoms with Crippen molar-refractivity contribution in [2.75, 3.05) is 30.3 Å². The Bertz CT molecular complexity index is 1830. The number of carbonyl (C=O) groups is 2. The Morgan fingerprint density at radius 1 is 1.15 bits per heavy atom. The number of hydrogen-bond donors (Lipinski definition) is 4. The smallest absolute Gasteiger partial charge is 0.413 e. The summed E-state index contributed by atoms with van der Waals surface area (Å²) in [4.78, 5) is 42.5. The molecule has 6 N–H and O–H groups in total. The maximum Gasteiger partial charge on any atom is 0.413 e. The molecule has 1 aliphatic heterocycles. The predicted octanol–water partition coefficient (Wildman–Crippen LogP) is 2.76. The Balaban J connectivity index is 1.49. The molecule has 1 aliphatic rings. The number of esters is 1. The van der Waals surface area contributed by atoms with Crippen molar-refractivity contribution < 1.29 is 41.7 Å². The molecule has 256 valence electrons. The third-order valence-corrected chi connectivity index (χ3v) is 7.93. The first-order chi connectivity index (χ1) is 22.8. The number of carbonyl (C=O) groups excluding carboxylic acids is 2. The summed E-state index contributed by atoms with van der Waals surface area (Å²) < 4.78 is 69.0. The van der Waals surface area contributed by atoms with Crippen molar-refractivity contribution in [2.45, 2.75) is 57.3 Å². The molecule has 1 fully saturated rings. The fraction of sp³-hybridized carbons (Fsp3) is 0.400. The fourth-order valence-electron chi connectivity index (χ4n) is 5.49. The highest BCUT2D eigenvalue weighted by Gasteiger charge is 2.43. The summed E-state index contributed by atoms with van der Waals surface area (Å²) in [5, 5.41) is 12.4. The number of piperidine rings is 1. The number of hydrogen-bond acceptors (Lipinski definition) is 12. The highest BCUT2D eigenvalue weighted by Crippen LogP contribution is 2.35. The number of aliphatic hydroxyl groups is 1. The van der Waals surface area contributed by atoms with E-state index in [9.17, 15) is 23.5 Å². The van der Waals surface area contributed by atoms with E-state index in [2.05, 4.69) is 25.3 Å². The third-order valence-electron chi connectivity index (χ3n) is 7.93. The Morgan fingerprint density at radius 2 is 1.92 bits per heavy atom. The summed E-state index contributed by atoms with van der Waals surface area (Å²) in [5.41, 5.74) is 11.9. The van der Waals surface area contributed by atoms with E-state index >= 15 is 8.78 Å². The van der Waals surface area contributed by atoms with E-state index in [1.54, 1.807) is 16.4 Å². The van der Waals surface area contributed by atoms with Crippen LogP contribution in [0.3, 0.4) is 0 Å². The van der Waals surface area contributed by atoms with Gasteiger partial charge in [0.15, 0.2) is 23.0 Å². The maximum absolute atomic E-state index is 15.5. The molecule has 0 radical (unpaired) electrons. The molecule has 1 amide bonds. The zero-order valence-electron chi connectivity index (χ0n) is 25.9. The van der Waals surface area contributed by atoms with Crippen LogP contribution in [0.4, 0.5) is 33.9 Å². The van der Waals surface area contributed by atoms with Gasteiger partial charge in [0.25, 0.3) is 6.43 Å². The van der Waals surface area contributed by atoms with Gasteiger partial charge in [0.05, 0.1) is 42.6 Å². The lowest BCUT2D eigenvalue weighted by Crippen LogP contribution is -2.63. The first-order valence-corrected chi connectivity index (χ1v) is 14.9. The summed E-state index contributed by atoms with van der Waals surface area (Å²) in [5.74, 6) is -3.43. The molecule has 0 aliphatic carbocycles. The maximum atomic E-state index is 15.5. The number of anilines is 2. The normalized spacial score (nSPS) is 17.7. The molecule has 0 spiro atoms. The zero-order valence-corrected chi connectivity index (χ0v) is 25.9. The van der Waals surface area contributed by atoms with E-state index in [0.717, 1.165) is 6.07 Å². The van der Waals surface area contributed by atoms with Crippen LogP contribution in [0, 0.1) is 11.6 Å². The van der Waals surface area contributed by atoms with Crippen molar-refractivity contribution in [3.05, 3.63) is 54.2 Å². The molecule has 1 saturated heterocycles. The number of nitrogens with two attached hydrogens (primary N) is 2. The second-order valence-corrected chi connectivity index (χ2v) is 11.3. The number of imidazole rings is 1. The summed E-state index contributed by atoms with van der Waals surface area (Å²) in [6, 6.07) is 1.83. The van der Waals surface area contributed by atoms with E-state index in [4.69, 9.17) is 20.9 Å². The molecule has 4 aromatic rings. The van der Waals surface area contributed by atoms with Crippen molar-refractivity contribution in [3.8, 4) is 17.0 Å². The Kier molecular flexibility index (Phi) is 9.95. The average molecular weight is 676 g/mol. The number of amides is 1. The zero-order chi connectivity index (χ0) is 34.7. The van der Waals surface area contributed by atoms with Gasteiger partial charge in [-0.05, 0) is 44.4 Å². The molecular formula is C30H33F4N9O5. The largest absolute Gasteiger partial charge is 0.464 e. The van der Waals surface area contributed by atoms with Crippen LogP contribution in [0.2, 0.25) is 0 Å². The van der Waals surface area contributed by atoms with Crippen LogP contribution in [0.1, 0.15) is 32.3 Å². The first kappa shape index (κ1) is 34.2. The van der Waals surface area contributed by atoms with E-state index in [1.165, 1.54) is 31.8 Å². The lowest BCUT2D eigenvalue weighted by molar-refractivity contribution is -0.144. The van der Waals surface area contributed by atoms with Crippen LogP contribution in [-0.4, -0.2) is 85.5 Å². The highest BCUT2D eigenvalue weighted by molar-refractivity contribution is 5.82. The van der Waals surface area contributed by atoms with E-state index in [1.807, 2.05) is 0 Å². The van der Waals surface area contributed by atoms with Crippen LogP contribution >= 0.6 is 0 Å². The summed E-state index contributed by atoms with van der Waals surface area (Å²) in [6.45, 7) is 3.28. The number of nitrogens with zero attached hydrogens (tertiary/aromatic N) is 6. The fourth-order valence-corrected chi connectivity index (χ4v) is 5.49. The minimum Gasteiger partial charge on any atom is -0.464 e. The summed E-state index contributed by atoms with van der Waals surface area (Å²) >= 11 is 0. The average Bonchev–Trinajstić information content (AvgIpc) is 3.46. The van der Waals surface area contributed by atoms with Gasteiger partial charge in [-0.25, -0.2) is 42.1 Å². The lowest BCUT2D eigenvalue weighted by Gasteiger charge is -2.44. The molecule has 3 aromatic heterocycles. The number of rotatable bonds is 10. The number of aliphatic hydroxyl groups excluding tert-OH is 1. The number of nitrogens with one attached hydrogen (secondary N) is 1.